The first-order chi connectivity index (χ1) is 13.8. The highest BCUT2D eigenvalue weighted by Crippen LogP contribution is 2.59. The number of rotatable bonds is 14. The SMILES string of the molecule is OCCCCCCCCCCCCCC=C[C@@H]1C[C@H]2[C@@H](CC23OCCO3)C1O. The van der Waals surface area contributed by atoms with E-state index in [2.05, 4.69) is 12.2 Å². The summed E-state index contributed by atoms with van der Waals surface area (Å²) in [7, 11) is 0. The number of aliphatic hydroxyl groups is 2. The molecule has 1 heterocycles. The normalized spacial score (nSPS) is 30.9. The molecule has 1 saturated heterocycles. The lowest BCUT2D eigenvalue weighted by Gasteiger charge is -2.48. The predicted molar refractivity (Wildman–Crippen MR) is 112 cm³/mol. The van der Waals surface area contributed by atoms with Crippen LogP contribution in [0.1, 0.15) is 89.9 Å². The van der Waals surface area contributed by atoms with Crippen LogP contribution in [0, 0.1) is 17.8 Å². The Kier molecular flexibility index (Phi) is 9.29. The quantitative estimate of drug-likeness (QED) is 0.322. The molecule has 4 heteroatoms. The van der Waals surface area contributed by atoms with E-state index in [1.165, 1.54) is 64.2 Å². The van der Waals surface area contributed by atoms with Crippen molar-refractivity contribution in [3.05, 3.63) is 12.2 Å². The number of hydrogen-bond acceptors (Lipinski definition) is 4. The van der Waals surface area contributed by atoms with Crippen molar-refractivity contribution in [2.75, 3.05) is 19.8 Å². The number of allylic oxidation sites excluding steroid dienone is 1. The van der Waals surface area contributed by atoms with Crippen molar-refractivity contribution in [1.82, 2.24) is 0 Å². The van der Waals surface area contributed by atoms with Gasteiger partial charge in [-0.25, -0.2) is 0 Å². The second-order valence-electron chi connectivity index (χ2n) is 9.20. The van der Waals surface area contributed by atoms with Crippen LogP contribution in [0.15, 0.2) is 12.2 Å². The molecule has 3 fully saturated rings. The summed E-state index contributed by atoms with van der Waals surface area (Å²) in [6.45, 7) is 1.77. The van der Waals surface area contributed by atoms with E-state index in [1.54, 1.807) is 0 Å². The Balaban J connectivity index is 1.15. The van der Waals surface area contributed by atoms with Crippen molar-refractivity contribution in [2.45, 2.75) is 102 Å². The molecule has 3 aliphatic rings. The third-order valence-corrected chi connectivity index (χ3v) is 7.19. The van der Waals surface area contributed by atoms with Crippen LogP contribution in [0.4, 0.5) is 0 Å². The van der Waals surface area contributed by atoms with Gasteiger partial charge in [-0.05, 0) is 31.6 Å². The van der Waals surface area contributed by atoms with Crippen molar-refractivity contribution < 1.29 is 19.7 Å². The lowest BCUT2D eigenvalue weighted by atomic mass is 9.69. The largest absolute Gasteiger partial charge is 0.396 e. The summed E-state index contributed by atoms with van der Waals surface area (Å²) in [6.07, 6.45) is 21.6. The van der Waals surface area contributed by atoms with Gasteiger partial charge in [0.15, 0.2) is 5.79 Å². The zero-order valence-corrected chi connectivity index (χ0v) is 17.7. The molecule has 1 spiro atoms. The Morgan fingerprint density at radius 1 is 0.821 bits per heavy atom. The molecule has 2 aliphatic carbocycles. The van der Waals surface area contributed by atoms with Crippen molar-refractivity contribution in [2.24, 2.45) is 17.8 Å². The van der Waals surface area contributed by atoms with Gasteiger partial charge in [-0.3, -0.25) is 0 Å². The van der Waals surface area contributed by atoms with Gasteiger partial charge in [0.05, 0.1) is 19.3 Å². The summed E-state index contributed by atoms with van der Waals surface area (Å²) in [4.78, 5) is 0. The molecule has 2 saturated carbocycles. The summed E-state index contributed by atoms with van der Waals surface area (Å²) in [5.74, 6) is 0.726. The lowest BCUT2D eigenvalue weighted by molar-refractivity contribution is -0.275. The zero-order valence-electron chi connectivity index (χ0n) is 17.7. The molecule has 0 aromatic carbocycles. The fourth-order valence-electron chi connectivity index (χ4n) is 5.48. The molecule has 0 aromatic heterocycles. The van der Waals surface area contributed by atoms with Gasteiger partial charge in [0.25, 0.3) is 0 Å². The van der Waals surface area contributed by atoms with Gasteiger partial charge in [-0.2, -0.15) is 0 Å². The molecule has 1 unspecified atom stereocenters. The van der Waals surface area contributed by atoms with E-state index < -0.39 is 0 Å². The summed E-state index contributed by atoms with van der Waals surface area (Å²) in [5, 5.41) is 19.3. The molecule has 28 heavy (non-hydrogen) atoms. The molecule has 3 rings (SSSR count). The van der Waals surface area contributed by atoms with Gasteiger partial charge >= 0.3 is 0 Å². The highest BCUT2D eigenvalue weighted by atomic mass is 16.7. The van der Waals surface area contributed by atoms with Crippen molar-refractivity contribution >= 4 is 0 Å². The first-order valence-electron chi connectivity index (χ1n) is 12.0. The van der Waals surface area contributed by atoms with Crippen molar-refractivity contribution in [3.8, 4) is 0 Å². The summed E-state index contributed by atoms with van der Waals surface area (Å²) in [5.41, 5.74) is 0. The topological polar surface area (TPSA) is 58.9 Å². The maximum atomic E-state index is 10.6. The Morgan fingerprint density at radius 2 is 1.39 bits per heavy atom. The predicted octanol–water partition coefficient (Wildman–Crippen LogP) is 4.98. The Hall–Kier alpha value is -0.420. The maximum absolute atomic E-state index is 10.6. The first kappa shape index (κ1) is 22.3. The van der Waals surface area contributed by atoms with E-state index in [9.17, 15) is 5.11 Å². The Morgan fingerprint density at radius 3 is 2.00 bits per heavy atom. The fraction of sp³-hybridized carbons (Fsp3) is 0.917. The van der Waals surface area contributed by atoms with Crippen LogP contribution in [0.2, 0.25) is 0 Å². The smallest absolute Gasteiger partial charge is 0.172 e. The highest BCUT2D eigenvalue weighted by Gasteiger charge is 2.64. The van der Waals surface area contributed by atoms with E-state index >= 15 is 0 Å². The summed E-state index contributed by atoms with van der Waals surface area (Å²) >= 11 is 0. The van der Waals surface area contributed by atoms with Gasteiger partial charge in [0, 0.05) is 24.9 Å². The third kappa shape index (κ3) is 5.81. The minimum absolute atomic E-state index is 0.205. The zero-order chi connectivity index (χ0) is 19.7. The lowest BCUT2D eigenvalue weighted by Crippen LogP contribution is -2.54. The standard InChI is InChI=1S/C24H42O4/c25-15-13-11-9-7-5-3-1-2-4-6-8-10-12-14-20-18-22-21(23(20)26)19-24(22)27-16-17-28-24/h12,14,20-23,25-26H,1-11,13,15-19H2/t20-,21-,22+,23?/m1/s1. The van der Waals surface area contributed by atoms with E-state index in [0.717, 1.165) is 25.7 Å². The number of aliphatic hydroxyl groups excluding tert-OH is 2. The van der Waals surface area contributed by atoms with E-state index in [-0.39, 0.29) is 11.9 Å². The second-order valence-corrected chi connectivity index (χ2v) is 9.20. The van der Waals surface area contributed by atoms with Crippen LogP contribution in [0.5, 0.6) is 0 Å². The van der Waals surface area contributed by atoms with Gasteiger partial charge in [-0.1, -0.05) is 69.9 Å². The van der Waals surface area contributed by atoms with Crippen LogP contribution < -0.4 is 0 Å². The third-order valence-electron chi connectivity index (χ3n) is 7.19. The number of fused-ring (bicyclic) bond motifs is 2. The molecule has 4 atom stereocenters. The molecule has 162 valence electrons. The van der Waals surface area contributed by atoms with Crippen LogP contribution in [-0.4, -0.2) is 41.9 Å². The van der Waals surface area contributed by atoms with Gasteiger partial charge in [-0.15, -0.1) is 0 Å². The molecule has 4 nitrogen and oxygen atoms in total. The first-order valence-corrected chi connectivity index (χ1v) is 12.0. The molecule has 0 radical (unpaired) electrons. The molecule has 2 N–H and O–H groups in total. The van der Waals surface area contributed by atoms with Crippen LogP contribution in [-0.2, 0) is 9.47 Å². The van der Waals surface area contributed by atoms with Crippen molar-refractivity contribution in [1.29, 1.82) is 0 Å². The van der Waals surface area contributed by atoms with Crippen molar-refractivity contribution in [3.63, 3.8) is 0 Å². The van der Waals surface area contributed by atoms with Crippen LogP contribution >= 0.6 is 0 Å². The molecule has 0 aromatic rings. The van der Waals surface area contributed by atoms with Gasteiger partial charge in [0.2, 0.25) is 0 Å². The summed E-state index contributed by atoms with van der Waals surface area (Å²) < 4.78 is 11.7. The van der Waals surface area contributed by atoms with E-state index in [4.69, 9.17) is 14.6 Å². The van der Waals surface area contributed by atoms with E-state index in [0.29, 0.717) is 37.6 Å². The fourth-order valence-corrected chi connectivity index (χ4v) is 5.48. The minimum Gasteiger partial charge on any atom is -0.396 e. The van der Waals surface area contributed by atoms with Gasteiger partial charge < -0.3 is 19.7 Å². The summed E-state index contributed by atoms with van der Waals surface area (Å²) in [6, 6.07) is 0. The molecular weight excluding hydrogens is 352 g/mol. The number of hydrogen-bond donors (Lipinski definition) is 2. The van der Waals surface area contributed by atoms with Gasteiger partial charge in [0.1, 0.15) is 0 Å². The van der Waals surface area contributed by atoms with Crippen LogP contribution in [0.25, 0.3) is 0 Å². The van der Waals surface area contributed by atoms with E-state index in [1.807, 2.05) is 0 Å². The maximum Gasteiger partial charge on any atom is 0.172 e. The molecule has 1 aliphatic heterocycles. The molecule has 0 amide bonds. The Bertz CT molecular complexity index is 458. The molecule has 0 bridgehead atoms. The number of ether oxygens (including phenoxy) is 2. The molecular formula is C24H42O4. The average molecular weight is 395 g/mol. The second kappa shape index (κ2) is 11.7. The minimum atomic E-state index is -0.340. The average Bonchev–Trinajstić information content (AvgIpc) is 3.28. The highest BCUT2D eigenvalue weighted by molar-refractivity contribution is 5.12. The monoisotopic (exact) mass is 394 g/mol. The number of unbranched alkanes of at least 4 members (excludes halogenated alkanes) is 11. The Labute approximate surface area is 171 Å². The van der Waals surface area contributed by atoms with Crippen LogP contribution in [0.3, 0.4) is 0 Å².